The summed E-state index contributed by atoms with van der Waals surface area (Å²) in [5.74, 6) is 0.939. The van der Waals surface area contributed by atoms with Crippen LogP contribution in [0.2, 0.25) is 0 Å². The highest BCUT2D eigenvalue weighted by Crippen LogP contribution is 2.27. The number of nitrogens with one attached hydrogen (secondary N) is 2. The number of benzene rings is 1. The quantitative estimate of drug-likeness (QED) is 0.634. The zero-order valence-electron chi connectivity index (χ0n) is 16.0. The van der Waals surface area contributed by atoms with Gasteiger partial charge in [0.1, 0.15) is 0 Å². The Morgan fingerprint density at radius 1 is 1.11 bits per heavy atom. The van der Waals surface area contributed by atoms with E-state index >= 15 is 0 Å². The van der Waals surface area contributed by atoms with Crippen molar-refractivity contribution in [3.8, 4) is 0 Å². The number of amides is 1. The molecule has 0 unspecified atom stereocenters. The largest absolute Gasteiger partial charge is 0.339 e. The Morgan fingerprint density at radius 3 is 2.41 bits per heavy atom. The van der Waals surface area contributed by atoms with Crippen molar-refractivity contribution < 1.29 is 13.2 Å². The third-order valence-corrected chi connectivity index (χ3v) is 6.66. The summed E-state index contributed by atoms with van der Waals surface area (Å²) in [6.07, 6.45) is 2.57. The Labute approximate surface area is 162 Å². The summed E-state index contributed by atoms with van der Waals surface area (Å²) < 4.78 is 27.2. The molecule has 8 heteroatoms. The number of nitrogens with zero attached hydrogens (tertiary/aromatic N) is 2. The normalized spacial score (nSPS) is 18.6. The lowest BCUT2D eigenvalue weighted by atomic mass is 10.2. The van der Waals surface area contributed by atoms with E-state index in [0.29, 0.717) is 37.6 Å². The summed E-state index contributed by atoms with van der Waals surface area (Å²) in [4.78, 5) is 16.6. The highest BCUT2D eigenvalue weighted by molar-refractivity contribution is 7.89. The lowest BCUT2D eigenvalue weighted by Crippen LogP contribution is -2.52. The van der Waals surface area contributed by atoms with Crippen LogP contribution in [0, 0.1) is 12.8 Å². The second-order valence-electron chi connectivity index (χ2n) is 7.51. The van der Waals surface area contributed by atoms with Crippen LogP contribution < -0.4 is 10.0 Å². The van der Waals surface area contributed by atoms with Gasteiger partial charge in [0, 0.05) is 39.3 Å². The molecule has 0 radical (unpaired) electrons. The summed E-state index contributed by atoms with van der Waals surface area (Å²) in [6, 6.07) is 6.84. The molecular weight excluding hydrogens is 364 g/mol. The number of rotatable bonds is 9. The van der Waals surface area contributed by atoms with E-state index in [4.69, 9.17) is 0 Å². The van der Waals surface area contributed by atoms with Gasteiger partial charge in [-0.25, -0.2) is 13.1 Å². The average Bonchev–Trinajstić information content (AvgIpc) is 3.47. The van der Waals surface area contributed by atoms with E-state index in [1.165, 1.54) is 12.8 Å². The van der Waals surface area contributed by atoms with Crippen LogP contribution in [-0.2, 0) is 14.8 Å². The maximum atomic E-state index is 12.3. The van der Waals surface area contributed by atoms with Gasteiger partial charge >= 0.3 is 0 Å². The van der Waals surface area contributed by atoms with Crippen LogP contribution in [0.4, 0.5) is 0 Å². The van der Waals surface area contributed by atoms with E-state index in [2.05, 4.69) is 14.9 Å². The molecule has 1 aliphatic heterocycles. The zero-order valence-corrected chi connectivity index (χ0v) is 16.8. The molecule has 1 aromatic carbocycles. The lowest BCUT2D eigenvalue weighted by molar-refractivity contribution is -0.131. The van der Waals surface area contributed by atoms with Crippen LogP contribution >= 0.6 is 0 Å². The Morgan fingerprint density at radius 2 is 1.78 bits per heavy atom. The van der Waals surface area contributed by atoms with Gasteiger partial charge < -0.3 is 10.2 Å². The van der Waals surface area contributed by atoms with Crippen molar-refractivity contribution in [3.05, 3.63) is 29.8 Å². The van der Waals surface area contributed by atoms with Crippen LogP contribution in [0.15, 0.2) is 29.2 Å². The van der Waals surface area contributed by atoms with E-state index in [9.17, 15) is 13.2 Å². The van der Waals surface area contributed by atoms with Gasteiger partial charge in [-0.15, -0.1) is 0 Å². The molecule has 2 N–H and O–H groups in total. The topological polar surface area (TPSA) is 81.8 Å². The molecule has 3 rings (SSSR count). The van der Waals surface area contributed by atoms with Crippen molar-refractivity contribution in [1.29, 1.82) is 0 Å². The number of hydrogen-bond acceptors (Lipinski definition) is 5. The van der Waals surface area contributed by atoms with Gasteiger partial charge in [0.15, 0.2) is 0 Å². The molecule has 1 saturated heterocycles. The van der Waals surface area contributed by atoms with Crippen LogP contribution in [-0.4, -0.2) is 76.5 Å². The summed E-state index contributed by atoms with van der Waals surface area (Å²) in [6.45, 7) is 7.28. The van der Waals surface area contributed by atoms with Gasteiger partial charge in [-0.1, -0.05) is 17.7 Å². The minimum Gasteiger partial charge on any atom is -0.339 e. The number of carbonyl (C=O) groups is 1. The van der Waals surface area contributed by atoms with Gasteiger partial charge in [-0.2, -0.15) is 0 Å². The third kappa shape index (κ3) is 6.27. The molecule has 0 bridgehead atoms. The maximum Gasteiger partial charge on any atom is 0.240 e. The Bertz CT molecular complexity index is 724. The fourth-order valence-electron chi connectivity index (χ4n) is 3.18. The molecule has 0 spiro atoms. The van der Waals surface area contributed by atoms with E-state index in [1.807, 2.05) is 11.8 Å². The van der Waals surface area contributed by atoms with Gasteiger partial charge in [0.25, 0.3) is 0 Å². The van der Waals surface area contributed by atoms with Crippen molar-refractivity contribution in [2.24, 2.45) is 5.92 Å². The highest BCUT2D eigenvalue weighted by atomic mass is 32.2. The first-order chi connectivity index (χ1) is 12.9. The molecule has 150 valence electrons. The summed E-state index contributed by atoms with van der Waals surface area (Å²) >= 11 is 0. The third-order valence-electron chi connectivity index (χ3n) is 5.18. The first-order valence-corrected chi connectivity index (χ1v) is 11.2. The Balaban J connectivity index is 1.34. The number of carbonyl (C=O) groups excluding carboxylic acids is 1. The summed E-state index contributed by atoms with van der Waals surface area (Å²) in [5.41, 5.74) is 1.03. The summed E-state index contributed by atoms with van der Waals surface area (Å²) in [7, 11) is -3.46. The van der Waals surface area contributed by atoms with Gasteiger partial charge in [0.05, 0.1) is 11.4 Å². The van der Waals surface area contributed by atoms with Crippen LogP contribution in [0.3, 0.4) is 0 Å². The molecule has 1 heterocycles. The molecule has 2 aliphatic rings. The van der Waals surface area contributed by atoms with Gasteiger partial charge in [-0.05, 0) is 44.4 Å². The van der Waals surface area contributed by atoms with Gasteiger partial charge in [-0.3, -0.25) is 9.69 Å². The minimum atomic E-state index is -3.46. The predicted molar refractivity (Wildman–Crippen MR) is 105 cm³/mol. The molecule has 0 aromatic heterocycles. The average molecular weight is 395 g/mol. The van der Waals surface area contributed by atoms with E-state index in [0.717, 1.165) is 31.1 Å². The van der Waals surface area contributed by atoms with Crippen LogP contribution in [0.1, 0.15) is 18.4 Å². The predicted octanol–water partition coefficient (Wildman–Crippen LogP) is 0.417. The second kappa shape index (κ2) is 9.14. The molecular formula is C19H30N4O3S. The van der Waals surface area contributed by atoms with E-state index in [-0.39, 0.29) is 5.91 Å². The SMILES string of the molecule is Cc1ccc(S(=O)(=O)NCCN2CCN(C(=O)CNCC3CC3)CC2)cc1. The smallest absolute Gasteiger partial charge is 0.240 e. The molecule has 2 fully saturated rings. The second-order valence-corrected chi connectivity index (χ2v) is 9.27. The summed E-state index contributed by atoms with van der Waals surface area (Å²) in [5, 5.41) is 3.24. The number of aryl methyl sites for hydroxylation is 1. The Hall–Kier alpha value is -1.48. The fourth-order valence-corrected chi connectivity index (χ4v) is 4.20. The fraction of sp³-hybridized carbons (Fsp3) is 0.632. The first kappa shape index (κ1) is 20.3. The standard InChI is InChI=1S/C19H30N4O3S/c1-16-2-6-18(7-3-16)27(25,26)21-8-9-22-10-12-23(13-11-22)19(24)15-20-14-17-4-5-17/h2-3,6-7,17,20-21H,4-5,8-15H2,1H3. The first-order valence-electron chi connectivity index (χ1n) is 9.71. The minimum absolute atomic E-state index is 0.162. The molecule has 7 nitrogen and oxygen atoms in total. The van der Waals surface area contributed by atoms with Crippen LogP contribution in [0.5, 0.6) is 0 Å². The highest BCUT2D eigenvalue weighted by Gasteiger charge is 2.23. The van der Waals surface area contributed by atoms with Crippen LogP contribution in [0.25, 0.3) is 0 Å². The molecule has 0 atom stereocenters. The van der Waals surface area contributed by atoms with Crippen molar-refractivity contribution >= 4 is 15.9 Å². The van der Waals surface area contributed by atoms with Crippen molar-refractivity contribution in [3.63, 3.8) is 0 Å². The molecule has 1 saturated carbocycles. The van der Waals surface area contributed by atoms with E-state index in [1.54, 1.807) is 24.3 Å². The zero-order chi connectivity index (χ0) is 19.3. The number of sulfonamides is 1. The van der Waals surface area contributed by atoms with E-state index < -0.39 is 10.0 Å². The Kier molecular flexibility index (Phi) is 6.86. The van der Waals surface area contributed by atoms with Crippen molar-refractivity contribution in [1.82, 2.24) is 19.8 Å². The molecule has 1 aliphatic carbocycles. The molecule has 1 aromatic rings. The molecule has 1 amide bonds. The monoisotopic (exact) mass is 394 g/mol. The van der Waals surface area contributed by atoms with Crippen molar-refractivity contribution in [2.45, 2.75) is 24.7 Å². The van der Waals surface area contributed by atoms with Crippen molar-refractivity contribution in [2.75, 3.05) is 52.4 Å². The lowest BCUT2D eigenvalue weighted by Gasteiger charge is -2.34. The van der Waals surface area contributed by atoms with Gasteiger partial charge in [0.2, 0.25) is 15.9 Å². The maximum absolute atomic E-state index is 12.3. The molecule has 27 heavy (non-hydrogen) atoms. The number of piperazine rings is 1. The number of hydrogen-bond donors (Lipinski definition) is 2.